The summed E-state index contributed by atoms with van der Waals surface area (Å²) in [5, 5.41) is 4.56. The van der Waals surface area contributed by atoms with Crippen molar-refractivity contribution in [2.24, 2.45) is 0 Å². The van der Waals surface area contributed by atoms with Crippen LogP contribution in [0, 0.1) is 0 Å². The average Bonchev–Trinajstić information content (AvgIpc) is 2.73. The molecule has 0 aliphatic carbocycles. The number of alkyl halides is 3. The molecule has 11 heteroatoms. The van der Waals surface area contributed by atoms with Gasteiger partial charge in [0.05, 0.1) is 20.4 Å². The smallest absolute Gasteiger partial charge is 0.334 e. The molecule has 2 aromatic carbocycles. The van der Waals surface area contributed by atoms with E-state index < -0.39 is 37.5 Å². The summed E-state index contributed by atoms with van der Waals surface area (Å²) in [4.78, 5) is 15.1. The lowest BCUT2D eigenvalue weighted by atomic mass is 10.2. The molecule has 0 saturated carbocycles. The van der Waals surface area contributed by atoms with Gasteiger partial charge in [-0.2, -0.15) is 13.2 Å². The Kier molecular flexibility index (Phi) is 6.51. The van der Waals surface area contributed by atoms with Gasteiger partial charge in [0, 0.05) is 24.6 Å². The number of nitrogens with one attached hydrogen (secondary N) is 2. The molecule has 2 N–H and O–H groups in total. The fourth-order valence-corrected chi connectivity index (χ4v) is 4.11. The van der Waals surface area contributed by atoms with E-state index in [0.717, 1.165) is 17.7 Å². The summed E-state index contributed by atoms with van der Waals surface area (Å²) in [6.07, 6.45) is -1.59. The Labute approximate surface area is 181 Å². The molecule has 0 fully saturated rings. The fraction of sp³-hybridized carbons (Fsp3) is 0.100. The molecule has 3 rings (SSSR count). The van der Waals surface area contributed by atoms with Crippen LogP contribution in [0.15, 0.2) is 76.8 Å². The van der Waals surface area contributed by atoms with Gasteiger partial charge in [-0.25, -0.2) is 13.2 Å². The van der Waals surface area contributed by atoms with Crippen LogP contribution in [-0.4, -0.2) is 19.4 Å². The van der Waals surface area contributed by atoms with E-state index in [0.29, 0.717) is 11.8 Å². The number of halogens is 4. The minimum atomic E-state index is -4.79. The van der Waals surface area contributed by atoms with E-state index in [4.69, 9.17) is 11.6 Å². The Balaban J connectivity index is 1.72. The minimum Gasteiger partial charge on any atom is -0.334 e. The average molecular weight is 470 g/mol. The number of aromatic nitrogens is 1. The van der Waals surface area contributed by atoms with Gasteiger partial charge in [-0.05, 0) is 54.1 Å². The molecule has 0 aliphatic heterocycles. The van der Waals surface area contributed by atoms with E-state index >= 15 is 0 Å². The highest BCUT2D eigenvalue weighted by atomic mass is 35.5. The van der Waals surface area contributed by atoms with Crippen molar-refractivity contribution in [2.45, 2.75) is 22.5 Å². The molecule has 0 radical (unpaired) electrons. The van der Waals surface area contributed by atoms with Crippen molar-refractivity contribution >= 4 is 33.2 Å². The molecule has 2 amide bonds. The lowest BCUT2D eigenvalue weighted by Gasteiger charge is -2.12. The lowest BCUT2D eigenvalue weighted by molar-refractivity contribution is -0.137. The van der Waals surface area contributed by atoms with E-state index in [1.54, 1.807) is 24.5 Å². The van der Waals surface area contributed by atoms with Gasteiger partial charge in [0.1, 0.15) is 0 Å². The fourth-order valence-electron chi connectivity index (χ4n) is 2.60. The molecule has 6 nitrogen and oxygen atoms in total. The first-order valence-corrected chi connectivity index (χ1v) is 10.6. The number of rotatable bonds is 5. The SMILES string of the molecule is O=C(NCc1cccnc1)Nc1ccc(S(=O)(=O)c2ccc(Cl)c(C(F)(F)F)c2)cc1. The third-order valence-corrected chi connectivity index (χ3v) is 6.25. The summed E-state index contributed by atoms with van der Waals surface area (Å²) in [6.45, 7) is 0.240. The largest absolute Gasteiger partial charge is 0.417 e. The maximum atomic E-state index is 13.0. The number of urea groups is 1. The van der Waals surface area contributed by atoms with Gasteiger partial charge in [0.15, 0.2) is 0 Å². The van der Waals surface area contributed by atoms with E-state index in [1.807, 2.05) is 0 Å². The third-order valence-electron chi connectivity index (χ3n) is 4.15. The van der Waals surface area contributed by atoms with Crippen LogP contribution in [-0.2, 0) is 22.6 Å². The first-order chi connectivity index (χ1) is 14.6. The van der Waals surface area contributed by atoms with Crippen LogP contribution in [0.1, 0.15) is 11.1 Å². The highest BCUT2D eigenvalue weighted by molar-refractivity contribution is 7.91. The number of benzene rings is 2. The Morgan fingerprint density at radius 3 is 2.32 bits per heavy atom. The van der Waals surface area contributed by atoms with Gasteiger partial charge in [0.2, 0.25) is 9.84 Å². The zero-order chi connectivity index (χ0) is 22.6. The summed E-state index contributed by atoms with van der Waals surface area (Å²) in [7, 11) is -4.22. The number of amides is 2. The van der Waals surface area contributed by atoms with Crippen molar-refractivity contribution in [3.05, 3.63) is 83.1 Å². The highest BCUT2D eigenvalue weighted by Gasteiger charge is 2.34. The van der Waals surface area contributed by atoms with Crippen LogP contribution in [0.5, 0.6) is 0 Å². The number of hydrogen-bond acceptors (Lipinski definition) is 4. The number of pyridine rings is 1. The van der Waals surface area contributed by atoms with E-state index in [1.165, 1.54) is 24.3 Å². The molecular formula is C20H15ClF3N3O3S. The van der Waals surface area contributed by atoms with E-state index in [2.05, 4.69) is 15.6 Å². The Morgan fingerprint density at radius 1 is 1.03 bits per heavy atom. The molecule has 0 aliphatic rings. The van der Waals surface area contributed by atoms with Crippen molar-refractivity contribution in [3.63, 3.8) is 0 Å². The molecule has 31 heavy (non-hydrogen) atoms. The van der Waals surface area contributed by atoms with Crippen molar-refractivity contribution in [2.75, 3.05) is 5.32 Å². The van der Waals surface area contributed by atoms with Crippen molar-refractivity contribution < 1.29 is 26.4 Å². The maximum absolute atomic E-state index is 13.0. The molecule has 0 atom stereocenters. The van der Waals surface area contributed by atoms with Gasteiger partial charge in [-0.3, -0.25) is 4.98 Å². The molecule has 162 valence electrons. The molecule has 0 bridgehead atoms. The van der Waals surface area contributed by atoms with Crippen LogP contribution in [0.4, 0.5) is 23.7 Å². The standard InChI is InChI=1S/C20H15ClF3N3O3S/c21-18-8-7-16(10-17(18)20(22,23)24)31(29,30)15-5-3-14(4-6-15)27-19(28)26-12-13-2-1-9-25-11-13/h1-11H,12H2,(H2,26,27,28). The van der Waals surface area contributed by atoms with Crippen LogP contribution in [0.2, 0.25) is 5.02 Å². The van der Waals surface area contributed by atoms with Gasteiger partial charge < -0.3 is 10.6 Å². The summed E-state index contributed by atoms with van der Waals surface area (Å²) in [5.74, 6) is 0. The van der Waals surface area contributed by atoms with Gasteiger partial charge in [0.25, 0.3) is 0 Å². The summed E-state index contributed by atoms with van der Waals surface area (Å²) < 4.78 is 64.5. The van der Waals surface area contributed by atoms with Gasteiger partial charge >= 0.3 is 12.2 Å². The molecule has 3 aromatic rings. The summed E-state index contributed by atoms with van der Waals surface area (Å²) in [5.41, 5.74) is -0.145. The number of carbonyl (C=O) groups excluding carboxylic acids is 1. The van der Waals surface area contributed by atoms with Crippen LogP contribution < -0.4 is 10.6 Å². The van der Waals surface area contributed by atoms with Crippen molar-refractivity contribution in [1.29, 1.82) is 0 Å². The predicted octanol–water partition coefficient (Wildman–Crippen LogP) is 4.91. The maximum Gasteiger partial charge on any atom is 0.417 e. The first kappa shape index (κ1) is 22.6. The Hall–Kier alpha value is -3.11. The van der Waals surface area contributed by atoms with Crippen LogP contribution in [0.25, 0.3) is 0 Å². The second kappa shape index (κ2) is 8.94. The second-order valence-corrected chi connectivity index (χ2v) is 8.69. The molecule has 0 saturated heterocycles. The summed E-state index contributed by atoms with van der Waals surface area (Å²) >= 11 is 5.55. The van der Waals surface area contributed by atoms with Crippen LogP contribution >= 0.6 is 11.6 Å². The number of anilines is 1. The van der Waals surface area contributed by atoms with Gasteiger partial charge in [-0.1, -0.05) is 17.7 Å². The molecular weight excluding hydrogens is 455 g/mol. The van der Waals surface area contributed by atoms with E-state index in [9.17, 15) is 26.4 Å². The van der Waals surface area contributed by atoms with E-state index in [-0.39, 0.29) is 11.4 Å². The lowest BCUT2D eigenvalue weighted by Crippen LogP contribution is -2.28. The molecule has 0 spiro atoms. The van der Waals surface area contributed by atoms with Crippen molar-refractivity contribution in [3.8, 4) is 0 Å². The third kappa shape index (κ3) is 5.53. The van der Waals surface area contributed by atoms with Crippen molar-refractivity contribution in [1.82, 2.24) is 10.3 Å². The zero-order valence-corrected chi connectivity index (χ0v) is 17.2. The summed E-state index contributed by atoms with van der Waals surface area (Å²) in [6, 6.07) is 10.4. The molecule has 1 heterocycles. The molecule has 1 aromatic heterocycles. The first-order valence-electron chi connectivity index (χ1n) is 8.73. The second-order valence-electron chi connectivity index (χ2n) is 6.34. The minimum absolute atomic E-state index is 0.232. The normalized spacial score (nSPS) is 11.7. The monoisotopic (exact) mass is 469 g/mol. The predicted molar refractivity (Wildman–Crippen MR) is 108 cm³/mol. The topological polar surface area (TPSA) is 88.2 Å². The highest BCUT2D eigenvalue weighted by Crippen LogP contribution is 2.37. The Morgan fingerprint density at radius 2 is 1.71 bits per heavy atom. The zero-order valence-electron chi connectivity index (χ0n) is 15.7. The number of nitrogens with zero attached hydrogens (tertiary/aromatic N) is 1. The number of carbonyl (C=O) groups is 1. The Bertz CT molecular complexity index is 1190. The molecule has 0 unspecified atom stereocenters. The number of hydrogen-bond donors (Lipinski definition) is 2. The quantitative estimate of drug-likeness (QED) is 0.556. The van der Waals surface area contributed by atoms with Crippen LogP contribution in [0.3, 0.4) is 0 Å². The number of sulfone groups is 1. The van der Waals surface area contributed by atoms with Gasteiger partial charge in [-0.15, -0.1) is 0 Å².